The molecule has 30 heavy (non-hydrogen) atoms. The monoisotopic (exact) mass is 450 g/mol. The Morgan fingerprint density at radius 1 is 0.933 bits per heavy atom. The Balaban J connectivity index is 2.20. The van der Waals surface area contributed by atoms with Gasteiger partial charge in [0.25, 0.3) is 11.2 Å². The highest BCUT2D eigenvalue weighted by atomic mass is 35.5. The summed E-state index contributed by atoms with van der Waals surface area (Å²) in [6.07, 6.45) is -11.9. The second kappa shape index (κ2) is 7.59. The van der Waals surface area contributed by atoms with Crippen LogP contribution in [0.5, 0.6) is 0 Å². The Morgan fingerprint density at radius 2 is 1.50 bits per heavy atom. The van der Waals surface area contributed by atoms with Gasteiger partial charge in [-0.1, -0.05) is 24.3 Å². The highest BCUT2D eigenvalue weighted by molar-refractivity contribution is 6.17. The lowest BCUT2D eigenvalue weighted by molar-refractivity contribution is -0.376. The van der Waals surface area contributed by atoms with Gasteiger partial charge in [0.1, 0.15) is 5.82 Å². The summed E-state index contributed by atoms with van der Waals surface area (Å²) in [6.45, 7) is 0. The van der Waals surface area contributed by atoms with E-state index >= 15 is 0 Å². The van der Waals surface area contributed by atoms with Gasteiger partial charge in [-0.05, 0) is 24.3 Å². The predicted octanol–water partition coefficient (Wildman–Crippen LogP) is 4.48. The number of hydrogen-bond donors (Lipinski definition) is 1. The molecule has 3 rings (SSSR count). The van der Waals surface area contributed by atoms with E-state index in [0.29, 0.717) is 17.6 Å². The molecule has 0 radical (unpaired) electrons. The quantitative estimate of drug-likeness (QED) is 0.471. The molecule has 1 aromatic heterocycles. The minimum absolute atomic E-state index is 0.0196. The van der Waals surface area contributed by atoms with Crippen molar-refractivity contribution in [3.63, 3.8) is 0 Å². The maximum absolute atomic E-state index is 13.1. The van der Waals surface area contributed by atoms with Crippen LogP contribution in [0.1, 0.15) is 11.4 Å². The van der Waals surface area contributed by atoms with Crippen molar-refractivity contribution in [1.82, 2.24) is 9.55 Å². The fourth-order valence-corrected chi connectivity index (χ4v) is 3.21. The number of benzene rings is 2. The zero-order valence-electron chi connectivity index (χ0n) is 14.9. The van der Waals surface area contributed by atoms with Crippen molar-refractivity contribution in [1.29, 1.82) is 0 Å². The lowest BCUT2D eigenvalue weighted by atomic mass is 9.92. The number of aliphatic hydroxyl groups is 1. The zero-order chi connectivity index (χ0) is 22.3. The van der Waals surface area contributed by atoms with E-state index in [0.717, 1.165) is 16.7 Å². The first-order valence-corrected chi connectivity index (χ1v) is 8.98. The maximum atomic E-state index is 13.1. The fraction of sp³-hybridized carbons (Fsp3) is 0.263. The molecule has 0 aliphatic rings. The van der Waals surface area contributed by atoms with Gasteiger partial charge in [-0.25, -0.2) is 4.98 Å². The second-order valence-electron chi connectivity index (χ2n) is 6.38. The molecule has 0 unspecified atom stereocenters. The maximum Gasteiger partial charge on any atom is 0.430 e. The number of fused-ring (bicyclic) bond motifs is 1. The molecule has 11 heteroatoms. The average molecular weight is 451 g/mol. The summed E-state index contributed by atoms with van der Waals surface area (Å²) in [7, 11) is 0. The molecule has 0 fully saturated rings. The molecular weight excluding hydrogens is 438 g/mol. The Kier molecular flexibility index (Phi) is 5.59. The lowest BCUT2D eigenvalue weighted by Gasteiger charge is -2.32. The van der Waals surface area contributed by atoms with E-state index in [9.17, 15) is 36.2 Å². The van der Waals surface area contributed by atoms with Crippen LogP contribution in [0.25, 0.3) is 16.6 Å². The lowest BCUT2D eigenvalue weighted by Crippen LogP contribution is -2.53. The number of alkyl halides is 7. The van der Waals surface area contributed by atoms with Crippen molar-refractivity contribution < 1.29 is 31.4 Å². The Morgan fingerprint density at radius 3 is 2.03 bits per heavy atom. The molecule has 0 aliphatic carbocycles. The van der Waals surface area contributed by atoms with Gasteiger partial charge in [0, 0.05) is 17.9 Å². The van der Waals surface area contributed by atoms with Crippen LogP contribution in [0.2, 0.25) is 0 Å². The van der Waals surface area contributed by atoms with E-state index in [-0.39, 0.29) is 29.2 Å². The van der Waals surface area contributed by atoms with Gasteiger partial charge >= 0.3 is 12.4 Å². The largest absolute Gasteiger partial charge is 0.430 e. The average Bonchev–Trinajstić information content (AvgIpc) is 2.66. The van der Waals surface area contributed by atoms with Crippen LogP contribution in [-0.4, -0.2) is 32.9 Å². The van der Waals surface area contributed by atoms with E-state index in [1.807, 2.05) is 0 Å². The van der Waals surface area contributed by atoms with Crippen LogP contribution in [0.15, 0.2) is 53.3 Å². The number of hydrogen-bond acceptors (Lipinski definition) is 3. The van der Waals surface area contributed by atoms with Crippen molar-refractivity contribution in [2.24, 2.45) is 0 Å². The van der Waals surface area contributed by atoms with E-state index in [2.05, 4.69) is 4.98 Å². The first-order valence-electron chi connectivity index (χ1n) is 8.45. The third-order valence-corrected chi connectivity index (χ3v) is 4.72. The molecule has 1 N–H and O–H groups in total. The molecule has 2 aromatic carbocycles. The molecule has 0 spiro atoms. The number of halogens is 7. The summed E-state index contributed by atoms with van der Waals surface area (Å²) in [5.41, 5.74) is -6.68. The Labute approximate surface area is 170 Å². The third kappa shape index (κ3) is 3.54. The molecular formula is C19H13ClF6N2O2. The highest BCUT2D eigenvalue weighted by Crippen LogP contribution is 2.50. The van der Waals surface area contributed by atoms with Gasteiger partial charge in [0.15, 0.2) is 0 Å². The van der Waals surface area contributed by atoms with Crippen molar-refractivity contribution in [2.45, 2.75) is 24.4 Å². The number of nitrogens with zero attached hydrogens (tertiary/aromatic N) is 2. The molecule has 1 heterocycles. The molecule has 0 aliphatic heterocycles. The molecule has 0 saturated heterocycles. The normalized spacial score (nSPS) is 13.1. The summed E-state index contributed by atoms with van der Waals surface area (Å²) in [6, 6.07) is 9.05. The number of rotatable bonds is 4. The van der Waals surface area contributed by atoms with Gasteiger partial charge in [0.05, 0.1) is 16.6 Å². The van der Waals surface area contributed by atoms with Crippen molar-refractivity contribution in [3.8, 4) is 5.69 Å². The van der Waals surface area contributed by atoms with Crippen molar-refractivity contribution in [3.05, 3.63) is 70.3 Å². The van der Waals surface area contributed by atoms with Gasteiger partial charge in [0.2, 0.25) is 0 Å². The molecule has 0 atom stereocenters. The fourth-order valence-electron chi connectivity index (χ4n) is 3.04. The minimum Gasteiger partial charge on any atom is -0.369 e. The topological polar surface area (TPSA) is 55.1 Å². The second-order valence-corrected chi connectivity index (χ2v) is 6.76. The highest BCUT2D eigenvalue weighted by Gasteiger charge is 2.71. The standard InChI is InChI=1S/C19H13ClF6N2O2/c20-10-9-15-27-14-4-2-1-3-13(14)16(29)28(15)12-7-5-11(6-8-12)17(30,18(21,22)23)19(24,25)26/h1-8,30H,9-10H2. The molecule has 160 valence electrons. The summed E-state index contributed by atoms with van der Waals surface area (Å²) in [4.78, 5) is 17.2. The van der Waals surface area contributed by atoms with Gasteiger partial charge < -0.3 is 5.11 Å². The molecule has 4 nitrogen and oxygen atoms in total. The van der Waals surface area contributed by atoms with Gasteiger partial charge in [-0.3, -0.25) is 9.36 Å². The smallest absolute Gasteiger partial charge is 0.369 e. The van der Waals surface area contributed by atoms with E-state index in [1.54, 1.807) is 18.2 Å². The minimum atomic E-state index is -6.00. The van der Waals surface area contributed by atoms with Gasteiger partial charge in [-0.15, -0.1) is 11.6 Å². The molecule has 0 amide bonds. The van der Waals surface area contributed by atoms with Crippen LogP contribution in [0, 0.1) is 0 Å². The molecule has 0 bridgehead atoms. The summed E-state index contributed by atoms with van der Waals surface area (Å²) >= 11 is 5.75. The SMILES string of the molecule is O=c1c2ccccc2nc(CCCl)n1-c1ccc(C(O)(C(F)(F)F)C(F)(F)F)cc1. The summed E-state index contributed by atoms with van der Waals surface area (Å²) in [5, 5.41) is 9.71. The third-order valence-electron chi connectivity index (χ3n) is 4.53. The molecule has 3 aromatic rings. The van der Waals surface area contributed by atoms with Crippen molar-refractivity contribution in [2.75, 3.05) is 5.88 Å². The van der Waals surface area contributed by atoms with Crippen LogP contribution in [0.3, 0.4) is 0 Å². The van der Waals surface area contributed by atoms with E-state index in [4.69, 9.17) is 11.6 Å². The number of aryl methyl sites for hydroxylation is 1. The molecule has 0 saturated carbocycles. The predicted molar refractivity (Wildman–Crippen MR) is 97.8 cm³/mol. The van der Waals surface area contributed by atoms with Crippen molar-refractivity contribution >= 4 is 22.5 Å². The van der Waals surface area contributed by atoms with Gasteiger partial charge in [-0.2, -0.15) is 26.3 Å². The van der Waals surface area contributed by atoms with Crippen LogP contribution < -0.4 is 5.56 Å². The van der Waals surface area contributed by atoms with Crippen LogP contribution in [-0.2, 0) is 12.0 Å². The summed E-state index contributed by atoms with van der Waals surface area (Å²) in [5.74, 6) is 0.258. The van der Waals surface area contributed by atoms with E-state index < -0.39 is 29.1 Å². The first-order chi connectivity index (χ1) is 13.9. The Bertz CT molecular complexity index is 1110. The Hall–Kier alpha value is -2.59. The first kappa shape index (κ1) is 22.1. The number of para-hydroxylation sites is 1. The number of aromatic nitrogens is 2. The zero-order valence-corrected chi connectivity index (χ0v) is 15.7. The van der Waals surface area contributed by atoms with E-state index in [1.165, 1.54) is 6.07 Å². The summed E-state index contributed by atoms with van der Waals surface area (Å²) < 4.78 is 79.4. The van der Waals surface area contributed by atoms with Crippen LogP contribution >= 0.6 is 11.6 Å². The van der Waals surface area contributed by atoms with Crippen LogP contribution in [0.4, 0.5) is 26.3 Å².